The molecule has 0 radical (unpaired) electrons. The highest BCUT2D eigenvalue weighted by Gasteiger charge is 2.20. The number of urea groups is 1. The van der Waals surface area contributed by atoms with Crippen molar-refractivity contribution < 1.29 is 4.79 Å². The van der Waals surface area contributed by atoms with Crippen LogP contribution in [0, 0.1) is 0 Å². The van der Waals surface area contributed by atoms with E-state index in [1.165, 1.54) is 5.56 Å². The Kier molecular flexibility index (Phi) is 6.25. The van der Waals surface area contributed by atoms with Gasteiger partial charge in [0.2, 0.25) is 0 Å². The molecule has 132 valence electrons. The summed E-state index contributed by atoms with van der Waals surface area (Å²) in [5.74, 6) is 0. The van der Waals surface area contributed by atoms with Crippen LogP contribution in [0.1, 0.15) is 11.3 Å². The van der Waals surface area contributed by atoms with Crippen LogP contribution in [0.25, 0.3) is 0 Å². The van der Waals surface area contributed by atoms with Gasteiger partial charge in [0.25, 0.3) is 0 Å². The van der Waals surface area contributed by atoms with Gasteiger partial charge in [-0.05, 0) is 36.2 Å². The fraction of sp³-hybridized carbons (Fsp3) is 0.368. The molecule has 6 heteroatoms. The van der Waals surface area contributed by atoms with Crippen LogP contribution in [0.2, 0.25) is 5.02 Å². The normalized spacial score (nSPS) is 15.2. The van der Waals surface area contributed by atoms with E-state index in [0.717, 1.165) is 49.9 Å². The summed E-state index contributed by atoms with van der Waals surface area (Å²) in [6.45, 7) is 4.76. The van der Waals surface area contributed by atoms with Crippen molar-refractivity contribution in [3.05, 3.63) is 64.9 Å². The number of aromatic nitrogens is 1. The first kappa shape index (κ1) is 17.7. The van der Waals surface area contributed by atoms with Gasteiger partial charge in [0.15, 0.2) is 0 Å². The van der Waals surface area contributed by atoms with Crippen LogP contribution in [0.5, 0.6) is 0 Å². The van der Waals surface area contributed by atoms with Crippen LogP contribution in [0.4, 0.5) is 4.79 Å². The lowest BCUT2D eigenvalue weighted by Gasteiger charge is -2.34. The van der Waals surface area contributed by atoms with Crippen LogP contribution in [-0.2, 0) is 13.0 Å². The van der Waals surface area contributed by atoms with E-state index in [0.29, 0.717) is 6.54 Å². The lowest BCUT2D eigenvalue weighted by atomic mass is 10.1. The Morgan fingerprint density at radius 2 is 1.96 bits per heavy atom. The Bertz CT molecular complexity index is 687. The molecule has 2 heterocycles. The summed E-state index contributed by atoms with van der Waals surface area (Å²) in [5.41, 5.74) is 2.12. The van der Waals surface area contributed by atoms with Gasteiger partial charge >= 0.3 is 6.03 Å². The lowest BCUT2D eigenvalue weighted by Crippen LogP contribution is -2.51. The first-order valence-corrected chi connectivity index (χ1v) is 8.98. The number of benzene rings is 1. The Hall–Kier alpha value is -2.11. The molecular formula is C19H23ClN4O. The molecule has 0 spiro atoms. The van der Waals surface area contributed by atoms with Crippen molar-refractivity contribution in [2.45, 2.75) is 13.0 Å². The molecule has 0 saturated carbocycles. The van der Waals surface area contributed by atoms with Gasteiger partial charge < -0.3 is 10.2 Å². The summed E-state index contributed by atoms with van der Waals surface area (Å²) in [6.07, 6.45) is 2.71. The third kappa shape index (κ3) is 5.44. The summed E-state index contributed by atoms with van der Waals surface area (Å²) >= 11 is 6.03. The molecule has 3 rings (SSSR count). The van der Waals surface area contributed by atoms with Gasteiger partial charge in [-0.15, -0.1) is 0 Å². The zero-order valence-electron chi connectivity index (χ0n) is 14.2. The molecule has 1 aromatic carbocycles. The van der Waals surface area contributed by atoms with Crippen molar-refractivity contribution in [2.75, 3.05) is 32.7 Å². The zero-order chi connectivity index (χ0) is 17.5. The minimum absolute atomic E-state index is 0.0138. The molecule has 25 heavy (non-hydrogen) atoms. The molecule has 1 aromatic heterocycles. The van der Waals surface area contributed by atoms with Crippen molar-refractivity contribution in [1.29, 1.82) is 0 Å². The van der Waals surface area contributed by atoms with E-state index in [1.54, 1.807) is 6.20 Å². The lowest BCUT2D eigenvalue weighted by molar-refractivity contribution is 0.140. The molecule has 1 aliphatic rings. The topological polar surface area (TPSA) is 48.5 Å². The minimum Gasteiger partial charge on any atom is -0.332 e. The van der Waals surface area contributed by atoms with Gasteiger partial charge in [-0.25, -0.2) is 4.79 Å². The highest BCUT2D eigenvalue weighted by atomic mass is 35.5. The van der Waals surface area contributed by atoms with E-state index in [-0.39, 0.29) is 6.03 Å². The van der Waals surface area contributed by atoms with Crippen molar-refractivity contribution in [2.24, 2.45) is 0 Å². The molecule has 5 nitrogen and oxygen atoms in total. The summed E-state index contributed by atoms with van der Waals surface area (Å²) in [5, 5.41) is 3.72. The molecule has 0 bridgehead atoms. The van der Waals surface area contributed by atoms with E-state index in [1.807, 2.05) is 41.3 Å². The summed E-state index contributed by atoms with van der Waals surface area (Å²) in [7, 11) is 0. The minimum atomic E-state index is -0.0138. The Morgan fingerprint density at radius 3 is 2.68 bits per heavy atom. The molecule has 2 amide bonds. The number of pyridine rings is 1. The fourth-order valence-electron chi connectivity index (χ4n) is 2.93. The predicted octanol–water partition coefficient (Wildman–Crippen LogP) is 2.80. The molecule has 1 fully saturated rings. The number of carbonyl (C=O) groups excluding carboxylic acids is 1. The number of nitrogens with zero attached hydrogens (tertiary/aromatic N) is 3. The van der Waals surface area contributed by atoms with Crippen molar-refractivity contribution in [3.8, 4) is 0 Å². The van der Waals surface area contributed by atoms with Gasteiger partial charge in [0, 0.05) is 43.9 Å². The van der Waals surface area contributed by atoms with Gasteiger partial charge in [-0.1, -0.05) is 29.8 Å². The van der Waals surface area contributed by atoms with Crippen LogP contribution in [-0.4, -0.2) is 53.5 Å². The van der Waals surface area contributed by atoms with E-state index < -0.39 is 0 Å². The second-order valence-corrected chi connectivity index (χ2v) is 6.62. The Labute approximate surface area is 153 Å². The number of hydrogen-bond donors (Lipinski definition) is 1. The number of carbonyl (C=O) groups is 1. The molecular weight excluding hydrogens is 336 g/mol. The Balaban J connectivity index is 1.38. The number of rotatable bonds is 5. The van der Waals surface area contributed by atoms with E-state index in [2.05, 4.69) is 21.3 Å². The van der Waals surface area contributed by atoms with Gasteiger partial charge in [-0.2, -0.15) is 0 Å². The Morgan fingerprint density at radius 1 is 1.12 bits per heavy atom. The molecule has 1 aliphatic heterocycles. The van der Waals surface area contributed by atoms with E-state index >= 15 is 0 Å². The SMILES string of the molecule is O=C(NCc1ccccn1)N1CCN(CCc2cccc(Cl)c2)CC1. The van der Waals surface area contributed by atoms with E-state index in [9.17, 15) is 4.79 Å². The standard InChI is InChI=1S/C19H23ClN4O/c20-17-5-3-4-16(14-17)7-9-23-10-12-24(13-11-23)19(25)22-15-18-6-1-2-8-21-18/h1-6,8,14H,7,9-13,15H2,(H,22,25). The second kappa shape index (κ2) is 8.83. The molecule has 1 N–H and O–H groups in total. The largest absolute Gasteiger partial charge is 0.332 e. The van der Waals surface area contributed by atoms with Crippen LogP contribution < -0.4 is 5.32 Å². The number of piperazine rings is 1. The summed E-state index contributed by atoms with van der Waals surface area (Å²) < 4.78 is 0. The van der Waals surface area contributed by atoms with Crippen molar-refractivity contribution in [1.82, 2.24) is 20.1 Å². The summed E-state index contributed by atoms with van der Waals surface area (Å²) in [4.78, 5) is 20.7. The van der Waals surface area contributed by atoms with E-state index in [4.69, 9.17) is 11.6 Å². The van der Waals surface area contributed by atoms with Gasteiger partial charge in [-0.3, -0.25) is 9.88 Å². The first-order chi connectivity index (χ1) is 12.2. The number of amides is 2. The van der Waals surface area contributed by atoms with Crippen molar-refractivity contribution in [3.63, 3.8) is 0 Å². The maximum atomic E-state index is 12.2. The quantitative estimate of drug-likeness (QED) is 0.894. The molecule has 0 aliphatic carbocycles. The fourth-order valence-corrected chi connectivity index (χ4v) is 3.15. The maximum absolute atomic E-state index is 12.2. The smallest absolute Gasteiger partial charge is 0.317 e. The first-order valence-electron chi connectivity index (χ1n) is 8.60. The average molecular weight is 359 g/mol. The third-order valence-electron chi connectivity index (χ3n) is 4.41. The van der Waals surface area contributed by atoms with Crippen molar-refractivity contribution >= 4 is 17.6 Å². The second-order valence-electron chi connectivity index (χ2n) is 6.19. The van der Waals surface area contributed by atoms with Gasteiger partial charge in [0.05, 0.1) is 12.2 Å². The molecule has 0 atom stereocenters. The van der Waals surface area contributed by atoms with Crippen LogP contribution >= 0.6 is 11.6 Å². The molecule has 2 aromatic rings. The number of halogens is 1. The van der Waals surface area contributed by atoms with Crippen LogP contribution in [0.15, 0.2) is 48.7 Å². The monoisotopic (exact) mass is 358 g/mol. The summed E-state index contributed by atoms with van der Waals surface area (Å²) in [6, 6.07) is 13.7. The highest BCUT2D eigenvalue weighted by molar-refractivity contribution is 6.30. The van der Waals surface area contributed by atoms with Gasteiger partial charge in [0.1, 0.15) is 0 Å². The number of nitrogens with one attached hydrogen (secondary N) is 1. The average Bonchev–Trinajstić information content (AvgIpc) is 2.66. The third-order valence-corrected chi connectivity index (χ3v) is 4.65. The maximum Gasteiger partial charge on any atom is 0.317 e. The zero-order valence-corrected chi connectivity index (χ0v) is 15.0. The molecule has 1 saturated heterocycles. The van der Waals surface area contributed by atoms with Crippen LogP contribution in [0.3, 0.4) is 0 Å². The predicted molar refractivity (Wildman–Crippen MR) is 99.6 cm³/mol. The molecule has 0 unspecified atom stereocenters. The highest BCUT2D eigenvalue weighted by Crippen LogP contribution is 2.12. The number of hydrogen-bond acceptors (Lipinski definition) is 3.